The first-order valence-corrected chi connectivity index (χ1v) is 9.50. The predicted octanol–water partition coefficient (Wildman–Crippen LogP) is 4.14. The molecule has 0 atom stereocenters. The maximum atomic E-state index is 6.21. The Hall–Kier alpha value is -1.25. The summed E-state index contributed by atoms with van der Waals surface area (Å²) in [5.74, 6) is 0. The Kier molecular flexibility index (Phi) is 3.54. The molecule has 0 N–H and O–H groups in total. The van der Waals surface area contributed by atoms with Gasteiger partial charge in [-0.15, -0.1) is 0 Å². The fraction of sp³-hybridized carbons (Fsp3) is 0. The topological polar surface area (TPSA) is 0 Å². The monoisotopic (exact) mass is 359 g/mol. The SMILES string of the molecule is Clc1ccc([Si]2c3ccc(Cl)cc3-c3cc(Cl)ccc32)cc1. The lowest BCUT2D eigenvalue weighted by Gasteiger charge is -2.12. The maximum absolute atomic E-state index is 6.21. The smallest absolute Gasteiger partial charge is 0.0843 e. The Bertz CT molecular complexity index is 821. The first kappa shape index (κ1) is 14.3. The zero-order chi connectivity index (χ0) is 15.3. The third-order valence-electron chi connectivity index (χ3n) is 3.92. The van der Waals surface area contributed by atoms with E-state index in [2.05, 4.69) is 24.3 Å². The third-order valence-corrected chi connectivity index (χ3v) is 7.51. The summed E-state index contributed by atoms with van der Waals surface area (Å²) in [7, 11) is -1.03. The van der Waals surface area contributed by atoms with E-state index in [0.717, 1.165) is 15.1 Å². The Morgan fingerprint density at radius 2 is 1.00 bits per heavy atom. The molecule has 3 aromatic rings. The van der Waals surface area contributed by atoms with E-state index in [1.165, 1.54) is 26.7 Å². The second kappa shape index (κ2) is 5.43. The van der Waals surface area contributed by atoms with Crippen LogP contribution in [0, 0.1) is 0 Å². The summed E-state index contributed by atoms with van der Waals surface area (Å²) in [5.41, 5.74) is 2.41. The summed E-state index contributed by atoms with van der Waals surface area (Å²) in [4.78, 5) is 0. The van der Waals surface area contributed by atoms with Crippen LogP contribution in [-0.2, 0) is 0 Å². The molecule has 1 heterocycles. The van der Waals surface area contributed by atoms with Crippen molar-refractivity contribution in [3.05, 3.63) is 75.7 Å². The largest absolute Gasteiger partial charge is 0.156 e. The molecule has 0 amide bonds. The standard InChI is InChI=1S/C18H10Cl3Si/c19-11-1-5-14(6-2-11)22-17-7-3-12(20)9-15(17)16-10-13(21)4-8-18(16)22/h1-10H. The highest BCUT2D eigenvalue weighted by Crippen LogP contribution is 2.28. The van der Waals surface area contributed by atoms with Gasteiger partial charge in [-0.2, -0.15) is 0 Å². The van der Waals surface area contributed by atoms with E-state index in [0.29, 0.717) is 0 Å². The molecule has 0 unspecified atom stereocenters. The lowest BCUT2D eigenvalue weighted by Crippen LogP contribution is -2.48. The van der Waals surface area contributed by atoms with E-state index < -0.39 is 8.80 Å². The van der Waals surface area contributed by atoms with E-state index in [-0.39, 0.29) is 0 Å². The molecule has 22 heavy (non-hydrogen) atoms. The maximum Gasteiger partial charge on any atom is 0.156 e. The summed E-state index contributed by atoms with van der Waals surface area (Å²) in [6.45, 7) is 0. The fourth-order valence-corrected chi connectivity index (χ4v) is 6.32. The molecule has 1 aliphatic rings. The van der Waals surface area contributed by atoms with Gasteiger partial charge in [-0.25, -0.2) is 0 Å². The minimum absolute atomic E-state index is 0.754. The second-order valence-electron chi connectivity index (χ2n) is 5.26. The number of rotatable bonds is 1. The summed E-state index contributed by atoms with van der Waals surface area (Å²) in [5, 5.41) is 6.30. The number of benzene rings is 3. The molecular weight excluding hydrogens is 351 g/mol. The van der Waals surface area contributed by atoms with Crippen LogP contribution in [0.2, 0.25) is 15.1 Å². The van der Waals surface area contributed by atoms with Crippen molar-refractivity contribution in [2.75, 3.05) is 0 Å². The van der Waals surface area contributed by atoms with E-state index in [9.17, 15) is 0 Å². The molecule has 0 spiro atoms. The van der Waals surface area contributed by atoms with Crippen molar-refractivity contribution >= 4 is 59.2 Å². The first-order chi connectivity index (χ1) is 10.6. The molecule has 4 rings (SSSR count). The molecule has 1 radical (unpaired) electrons. The van der Waals surface area contributed by atoms with E-state index >= 15 is 0 Å². The van der Waals surface area contributed by atoms with Crippen LogP contribution in [0.1, 0.15) is 0 Å². The number of halogens is 3. The molecule has 0 saturated heterocycles. The average Bonchev–Trinajstić information content (AvgIpc) is 2.81. The van der Waals surface area contributed by atoms with Crippen LogP contribution in [-0.4, -0.2) is 8.80 Å². The molecule has 107 valence electrons. The minimum atomic E-state index is -1.03. The van der Waals surface area contributed by atoms with E-state index in [1.807, 2.05) is 36.4 Å². The summed E-state index contributed by atoms with van der Waals surface area (Å²) in [6.07, 6.45) is 0. The zero-order valence-corrected chi connectivity index (χ0v) is 14.7. The van der Waals surface area contributed by atoms with E-state index in [4.69, 9.17) is 34.8 Å². The van der Waals surface area contributed by atoms with Gasteiger partial charge in [0.1, 0.15) is 0 Å². The van der Waals surface area contributed by atoms with Gasteiger partial charge < -0.3 is 0 Å². The van der Waals surface area contributed by atoms with Crippen molar-refractivity contribution in [2.24, 2.45) is 0 Å². The van der Waals surface area contributed by atoms with Crippen LogP contribution in [0.25, 0.3) is 11.1 Å². The summed E-state index contributed by atoms with van der Waals surface area (Å²) < 4.78 is 0. The lowest BCUT2D eigenvalue weighted by atomic mass is 10.1. The average molecular weight is 361 g/mol. The Morgan fingerprint density at radius 1 is 0.545 bits per heavy atom. The van der Waals surface area contributed by atoms with Crippen molar-refractivity contribution < 1.29 is 0 Å². The molecule has 1 aliphatic heterocycles. The molecule has 3 aromatic carbocycles. The van der Waals surface area contributed by atoms with Crippen molar-refractivity contribution in [1.82, 2.24) is 0 Å². The van der Waals surface area contributed by atoms with Gasteiger partial charge in [-0.05, 0) is 57.9 Å². The van der Waals surface area contributed by atoms with Gasteiger partial charge in [0.25, 0.3) is 0 Å². The Labute approximate surface area is 145 Å². The third kappa shape index (κ3) is 2.29. The minimum Gasteiger partial charge on any atom is -0.0843 e. The van der Waals surface area contributed by atoms with Gasteiger partial charge in [0.2, 0.25) is 0 Å². The van der Waals surface area contributed by atoms with Gasteiger partial charge in [-0.3, -0.25) is 0 Å². The van der Waals surface area contributed by atoms with Gasteiger partial charge in [0.15, 0.2) is 8.80 Å². The second-order valence-corrected chi connectivity index (χ2v) is 8.98. The fourth-order valence-electron chi connectivity index (χ4n) is 2.99. The molecule has 0 aromatic heterocycles. The predicted molar refractivity (Wildman–Crippen MR) is 98.0 cm³/mol. The molecule has 0 bridgehead atoms. The molecule has 0 nitrogen and oxygen atoms in total. The lowest BCUT2D eigenvalue weighted by molar-refractivity contribution is 1.70. The highest BCUT2D eigenvalue weighted by Gasteiger charge is 2.32. The number of hydrogen-bond donors (Lipinski definition) is 0. The van der Waals surface area contributed by atoms with Crippen molar-refractivity contribution in [2.45, 2.75) is 0 Å². The highest BCUT2D eigenvalue weighted by atomic mass is 35.5. The van der Waals surface area contributed by atoms with Crippen molar-refractivity contribution in [1.29, 1.82) is 0 Å². The molecule has 4 heteroatoms. The van der Waals surface area contributed by atoms with Crippen LogP contribution in [0.5, 0.6) is 0 Å². The quantitative estimate of drug-likeness (QED) is 0.447. The van der Waals surface area contributed by atoms with Crippen LogP contribution >= 0.6 is 34.8 Å². The number of hydrogen-bond acceptors (Lipinski definition) is 0. The summed E-state index contributed by atoms with van der Waals surface area (Å²) in [6, 6.07) is 20.5. The van der Waals surface area contributed by atoms with Crippen LogP contribution in [0.15, 0.2) is 60.7 Å². The number of fused-ring (bicyclic) bond motifs is 3. The molecule has 0 saturated carbocycles. The van der Waals surface area contributed by atoms with Gasteiger partial charge in [0, 0.05) is 15.1 Å². The zero-order valence-electron chi connectivity index (χ0n) is 11.4. The summed E-state index contributed by atoms with van der Waals surface area (Å²) >= 11 is 18.4. The van der Waals surface area contributed by atoms with Crippen LogP contribution in [0.4, 0.5) is 0 Å². The van der Waals surface area contributed by atoms with Gasteiger partial charge in [0.05, 0.1) is 0 Å². The first-order valence-electron chi connectivity index (χ1n) is 6.86. The highest BCUT2D eigenvalue weighted by molar-refractivity contribution is 6.99. The molecule has 0 aliphatic carbocycles. The Morgan fingerprint density at radius 3 is 1.50 bits per heavy atom. The molecule has 0 fully saturated rings. The van der Waals surface area contributed by atoms with E-state index in [1.54, 1.807) is 0 Å². The Balaban J connectivity index is 1.99. The van der Waals surface area contributed by atoms with Crippen LogP contribution < -0.4 is 15.6 Å². The molecular formula is C18H10Cl3Si. The van der Waals surface area contributed by atoms with Gasteiger partial charge >= 0.3 is 0 Å². The van der Waals surface area contributed by atoms with Gasteiger partial charge in [-0.1, -0.05) is 64.3 Å². The van der Waals surface area contributed by atoms with Crippen LogP contribution in [0.3, 0.4) is 0 Å². The van der Waals surface area contributed by atoms with Crippen molar-refractivity contribution in [3.63, 3.8) is 0 Å². The van der Waals surface area contributed by atoms with Crippen molar-refractivity contribution in [3.8, 4) is 11.1 Å². The normalized spacial score (nSPS) is 13.0.